The second kappa shape index (κ2) is 8.27. The number of hydrazone groups is 1. The molecule has 0 saturated heterocycles. The zero-order chi connectivity index (χ0) is 21.1. The Hall–Kier alpha value is -3.20. The molecular formula is C27H28N2O. The van der Waals surface area contributed by atoms with Crippen molar-refractivity contribution in [1.82, 2.24) is 5.43 Å². The lowest BCUT2D eigenvalue weighted by molar-refractivity contribution is -0.122. The summed E-state index contributed by atoms with van der Waals surface area (Å²) < 4.78 is 0. The van der Waals surface area contributed by atoms with Crippen LogP contribution in [0, 0.1) is 5.92 Å². The van der Waals surface area contributed by atoms with Gasteiger partial charge in [-0.2, -0.15) is 5.10 Å². The molecule has 0 spiro atoms. The van der Waals surface area contributed by atoms with Gasteiger partial charge in [0.2, 0.25) is 5.91 Å². The lowest BCUT2D eigenvalue weighted by Crippen LogP contribution is -2.26. The van der Waals surface area contributed by atoms with E-state index in [2.05, 4.69) is 72.9 Å². The average Bonchev–Trinajstić information content (AvgIpc) is 3.56. The molecule has 30 heavy (non-hydrogen) atoms. The van der Waals surface area contributed by atoms with Gasteiger partial charge < -0.3 is 0 Å². The minimum Gasteiger partial charge on any atom is -0.273 e. The average molecular weight is 397 g/mol. The van der Waals surface area contributed by atoms with Crippen molar-refractivity contribution in [2.24, 2.45) is 11.0 Å². The molecule has 4 rings (SSSR count). The maximum Gasteiger partial charge on any atom is 0.244 e. The summed E-state index contributed by atoms with van der Waals surface area (Å²) in [6.07, 6.45) is 0.796. The van der Waals surface area contributed by atoms with Gasteiger partial charge in [-0.3, -0.25) is 4.79 Å². The lowest BCUT2D eigenvalue weighted by atomic mass is 9.85. The van der Waals surface area contributed by atoms with Gasteiger partial charge in [0.25, 0.3) is 0 Å². The van der Waals surface area contributed by atoms with Crippen molar-refractivity contribution in [3.05, 3.63) is 107 Å². The number of nitrogens with zero attached hydrogens (tertiary/aromatic N) is 1. The van der Waals surface area contributed by atoms with Gasteiger partial charge >= 0.3 is 0 Å². The van der Waals surface area contributed by atoms with Crippen LogP contribution in [0.15, 0.2) is 90.0 Å². The van der Waals surface area contributed by atoms with Crippen molar-refractivity contribution in [1.29, 1.82) is 0 Å². The maximum atomic E-state index is 13.0. The number of rotatable bonds is 6. The van der Waals surface area contributed by atoms with Crippen LogP contribution in [0.5, 0.6) is 0 Å². The lowest BCUT2D eigenvalue weighted by Gasteiger charge is -2.18. The summed E-state index contributed by atoms with van der Waals surface area (Å²) in [6, 6.07) is 29.0. The number of nitrogens with one attached hydrogen (secondary N) is 1. The molecule has 3 aromatic rings. The number of benzene rings is 3. The molecule has 0 radical (unpaired) electrons. The van der Waals surface area contributed by atoms with Crippen molar-refractivity contribution in [2.75, 3.05) is 0 Å². The first-order valence-corrected chi connectivity index (χ1v) is 10.6. The fourth-order valence-corrected chi connectivity index (χ4v) is 4.25. The Labute approximate surface area is 178 Å². The molecule has 0 heterocycles. The highest BCUT2D eigenvalue weighted by atomic mass is 16.2. The molecule has 0 unspecified atom stereocenters. The number of carbonyl (C=O) groups excluding carboxylic acids is 1. The van der Waals surface area contributed by atoms with E-state index in [1.54, 1.807) is 0 Å². The third-order valence-corrected chi connectivity index (χ3v) is 6.18. The molecule has 152 valence electrons. The summed E-state index contributed by atoms with van der Waals surface area (Å²) in [5, 5.41) is 4.40. The third kappa shape index (κ3) is 3.80. The largest absolute Gasteiger partial charge is 0.273 e. The Morgan fingerprint density at radius 1 is 0.900 bits per heavy atom. The van der Waals surface area contributed by atoms with Gasteiger partial charge in [0.15, 0.2) is 0 Å². The van der Waals surface area contributed by atoms with E-state index in [1.807, 2.05) is 43.3 Å². The molecule has 0 aromatic heterocycles. The Bertz CT molecular complexity index is 998. The molecule has 3 aromatic carbocycles. The highest BCUT2D eigenvalue weighted by Crippen LogP contribution is 2.58. The van der Waals surface area contributed by atoms with Gasteiger partial charge in [0.1, 0.15) is 0 Å². The Morgan fingerprint density at radius 2 is 1.43 bits per heavy atom. The highest BCUT2D eigenvalue weighted by Gasteiger charge is 2.60. The maximum absolute atomic E-state index is 13.0. The van der Waals surface area contributed by atoms with Crippen LogP contribution in [0.1, 0.15) is 55.4 Å². The Kier molecular flexibility index (Phi) is 5.54. The quantitative estimate of drug-likeness (QED) is 0.424. The molecule has 3 heteroatoms. The summed E-state index contributed by atoms with van der Waals surface area (Å²) in [5.41, 5.74) is 8.04. The van der Waals surface area contributed by atoms with Crippen LogP contribution in [-0.2, 0) is 10.2 Å². The number of hydrogen-bond donors (Lipinski definition) is 1. The molecule has 3 nitrogen and oxygen atoms in total. The highest BCUT2D eigenvalue weighted by molar-refractivity contribution is 5.99. The predicted molar refractivity (Wildman–Crippen MR) is 123 cm³/mol. The zero-order valence-corrected chi connectivity index (χ0v) is 17.8. The Morgan fingerprint density at radius 3 is 1.93 bits per heavy atom. The second-order valence-electron chi connectivity index (χ2n) is 8.41. The third-order valence-electron chi connectivity index (χ3n) is 6.18. The SMILES string of the molecule is C/C(=N/NC(=O)[C@@H]1CC1(c1ccccc1)c1ccccc1)c1ccc(C(C)C)cc1. The van der Waals surface area contributed by atoms with E-state index >= 15 is 0 Å². The summed E-state index contributed by atoms with van der Waals surface area (Å²) in [5.74, 6) is 0.345. The van der Waals surface area contributed by atoms with Crippen molar-refractivity contribution < 1.29 is 4.79 Å². The minimum absolute atomic E-state index is 0.0270. The van der Waals surface area contributed by atoms with Gasteiger partial charge in [-0.25, -0.2) is 5.43 Å². The van der Waals surface area contributed by atoms with E-state index in [4.69, 9.17) is 0 Å². The molecule has 1 atom stereocenters. The van der Waals surface area contributed by atoms with E-state index in [-0.39, 0.29) is 17.2 Å². The van der Waals surface area contributed by atoms with Crippen LogP contribution in [0.2, 0.25) is 0 Å². The number of carbonyl (C=O) groups is 1. The normalized spacial score (nSPS) is 17.6. The summed E-state index contributed by atoms with van der Waals surface area (Å²) in [6.45, 7) is 6.29. The zero-order valence-electron chi connectivity index (χ0n) is 17.8. The van der Waals surface area contributed by atoms with Crippen LogP contribution in [-0.4, -0.2) is 11.6 Å². The van der Waals surface area contributed by atoms with Crippen molar-refractivity contribution >= 4 is 11.6 Å². The smallest absolute Gasteiger partial charge is 0.244 e. The summed E-state index contributed by atoms with van der Waals surface area (Å²) in [7, 11) is 0. The van der Waals surface area contributed by atoms with Gasteiger partial charge in [0, 0.05) is 5.41 Å². The van der Waals surface area contributed by atoms with Crippen LogP contribution in [0.4, 0.5) is 0 Å². The first kappa shape index (κ1) is 20.1. The van der Waals surface area contributed by atoms with Gasteiger partial charge in [0.05, 0.1) is 11.6 Å². The molecule has 1 saturated carbocycles. The molecule has 1 amide bonds. The molecule has 0 aliphatic heterocycles. The van der Waals surface area contributed by atoms with Crippen molar-refractivity contribution in [2.45, 2.75) is 38.5 Å². The first-order valence-electron chi connectivity index (χ1n) is 10.6. The molecular weight excluding hydrogens is 368 g/mol. The van der Waals surface area contributed by atoms with Gasteiger partial charge in [-0.05, 0) is 41.5 Å². The minimum atomic E-state index is -0.269. The van der Waals surface area contributed by atoms with Crippen molar-refractivity contribution in [3.8, 4) is 0 Å². The second-order valence-corrected chi connectivity index (χ2v) is 8.41. The van der Waals surface area contributed by atoms with Crippen LogP contribution in [0.25, 0.3) is 0 Å². The predicted octanol–water partition coefficient (Wildman–Crippen LogP) is 5.66. The van der Waals surface area contributed by atoms with E-state index in [9.17, 15) is 4.79 Å². The van der Waals surface area contributed by atoms with Crippen molar-refractivity contribution in [3.63, 3.8) is 0 Å². The van der Waals surface area contributed by atoms with E-state index in [0.717, 1.165) is 17.7 Å². The fraction of sp³-hybridized carbons (Fsp3) is 0.259. The number of hydrogen-bond acceptors (Lipinski definition) is 2. The molecule has 0 bridgehead atoms. The molecule has 1 aliphatic carbocycles. The van der Waals surface area contributed by atoms with Gasteiger partial charge in [-0.1, -0.05) is 98.8 Å². The standard InChI is InChI=1S/C27H28N2O/c1-19(2)21-14-16-22(17-15-21)20(3)28-29-26(30)25-18-27(25,23-10-6-4-7-11-23)24-12-8-5-9-13-24/h4-17,19,25H,18H2,1-3H3,(H,29,30)/b28-20-/t25-/m0/s1. The fourth-order valence-electron chi connectivity index (χ4n) is 4.25. The summed E-state index contributed by atoms with van der Waals surface area (Å²) in [4.78, 5) is 13.0. The first-order chi connectivity index (χ1) is 14.5. The van der Waals surface area contributed by atoms with Crippen LogP contribution in [0.3, 0.4) is 0 Å². The molecule has 1 N–H and O–H groups in total. The van der Waals surface area contributed by atoms with E-state index < -0.39 is 0 Å². The topological polar surface area (TPSA) is 41.5 Å². The monoisotopic (exact) mass is 396 g/mol. The molecule has 1 fully saturated rings. The molecule has 1 aliphatic rings. The van der Waals surface area contributed by atoms with E-state index in [1.165, 1.54) is 16.7 Å². The Balaban J connectivity index is 1.53. The van der Waals surface area contributed by atoms with Gasteiger partial charge in [-0.15, -0.1) is 0 Å². The van der Waals surface area contributed by atoms with Crippen LogP contribution >= 0.6 is 0 Å². The van der Waals surface area contributed by atoms with Crippen LogP contribution < -0.4 is 5.43 Å². The summed E-state index contributed by atoms with van der Waals surface area (Å²) >= 11 is 0. The van der Waals surface area contributed by atoms with E-state index in [0.29, 0.717) is 5.92 Å². The number of amides is 1.